The lowest BCUT2D eigenvalue weighted by Crippen LogP contribution is -2.17. The van der Waals surface area contributed by atoms with Crippen LogP contribution >= 0.6 is 11.8 Å². The van der Waals surface area contributed by atoms with Gasteiger partial charge in [0.05, 0.1) is 24.1 Å². The normalized spacial score (nSPS) is 11.1. The van der Waals surface area contributed by atoms with Gasteiger partial charge in [0.25, 0.3) is 5.91 Å². The van der Waals surface area contributed by atoms with E-state index in [1.807, 2.05) is 32.0 Å². The van der Waals surface area contributed by atoms with Gasteiger partial charge in [-0.25, -0.2) is 20.2 Å². The number of nitrogens with zero attached hydrogens (tertiary/aromatic N) is 3. The number of carbonyl (C=O) groups excluding carboxylic acids is 2. The molecule has 0 aliphatic heterocycles. The molecule has 2 heterocycles. The zero-order chi connectivity index (χ0) is 24.0. The van der Waals surface area contributed by atoms with Crippen molar-refractivity contribution in [3.63, 3.8) is 0 Å². The quantitative estimate of drug-likeness (QED) is 0.169. The van der Waals surface area contributed by atoms with E-state index in [4.69, 9.17) is 4.74 Å². The van der Waals surface area contributed by atoms with Crippen molar-refractivity contribution < 1.29 is 14.3 Å². The van der Waals surface area contributed by atoms with Crippen molar-refractivity contribution in [3.8, 4) is 0 Å². The zero-order valence-corrected chi connectivity index (χ0v) is 20.2. The lowest BCUT2D eigenvalue weighted by Gasteiger charge is -2.05. The number of thioether (sulfide) groups is 1. The highest BCUT2D eigenvalue weighted by molar-refractivity contribution is 7.98. The molecule has 0 unspecified atom stereocenters. The lowest BCUT2D eigenvalue weighted by atomic mass is 10.1. The predicted octanol–water partition coefficient (Wildman–Crippen LogP) is 4.27. The summed E-state index contributed by atoms with van der Waals surface area (Å²) in [7, 11) is 0. The number of carbonyl (C=O) groups is 2. The summed E-state index contributed by atoms with van der Waals surface area (Å²) in [6.07, 6.45) is 1.48. The molecule has 0 spiro atoms. The van der Waals surface area contributed by atoms with Crippen molar-refractivity contribution in [2.75, 3.05) is 6.61 Å². The van der Waals surface area contributed by atoms with Crippen molar-refractivity contribution in [1.29, 1.82) is 0 Å². The Bertz CT molecular complexity index is 1170. The van der Waals surface area contributed by atoms with Gasteiger partial charge in [0, 0.05) is 28.4 Å². The zero-order valence-electron chi connectivity index (χ0n) is 19.4. The fourth-order valence-corrected chi connectivity index (χ4v) is 4.20. The lowest BCUT2D eigenvalue weighted by molar-refractivity contribution is 0.0524. The largest absolute Gasteiger partial charge is 0.462 e. The third kappa shape index (κ3) is 6.29. The minimum absolute atomic E-state index is 0.305. The van der Waals surface area contributed by atoms with Gasteiger partial charge in [-0.15, -0.1) is 0 Å². The molecule has 1 amide bonds. The highest BCUT2D eigenvalue weighted by Gasteiger charge is 2.18. The van der Waals surface area contributed by atoms with Crippen molar-refractivity contribution in [2.24, 2.45) is 5.10 Å². The Morgan fingerprint density at radius 1 is 1.12 bits per heavy atom. The molecule has 2 aromatic heterocycles. The number of esters is 1. The van der Waals surface area contributed by atoms with Gasteiger partial charge in [0.2, 0.25) is 0 Å². The van der Waals surface area contributed by atoms with Gasteiger partial charge >= 0.3 is 5.97 Å². The van der Waals surface area contributed by atoms with Gasteiger partial charge < -0.3 is 9.72 Å². The van der Waals surface area contributed by atoms with Crippen molar-refractivity contribution in [1.82, 2.24) is 20.4 Å². The third-order valence-corrected chi connectivity index (χ3v) is 5.78. The van der Waals surface area contributed by atoms with Crippen LogP contribution in [-0.4, -0.2) is 39.6 Å². The molecule has 0 atom stereocenters. The second-order valence-corrected chi connectivity index (χ2v) is 8.44. The summed E-state index contributed by atoms with van der Waals surface area (Å²) >= 11 is 1.55. The van der Waals surface area contributed by atoms with Crippen molar-refractivity contribution >= 4 is 29.9 Å². The van der Waals surface area contributed by atoms with Crippen molar-refractivity contribution in [3.05, 3.63) is 75.4 Å². The van der Waals surface area contributed by atoms with E-state index in [9.17, 15) is 9.59 Å². The minimum Gasteiger partial charge on any atom is -0.462 e. The molecule has 3 aromatic rings. The molecule has 33 heavy (non-hydrogen) atoms. The van der Waals surface area contributed by atoms with E-state index in [1.54, 1.807) is 44.7 Å². The standard InChI is InChI=1S/C24H27N5O3S/c1-6-32-23(31)21-16(4)20(28-17(21)5)12-25-29-22(30)19-9-7-18(8-10-19)13-33-24-26-14(2)11-15(3)27-24/h7-12,28H,6,13H2,1-5H3,(H,29,30)/b25-12+. The topological polar surface area (TPSA) is 109 Å². The highest BCUT2D eigenvalue weighted by Crippen LogP contribution is 2.20. The Balaban J connectivity index is 1.58. The van der Waals surface area contributed by atoms with Crippen LogP contribution in [0.25, 0.3) is 0 Å². The predicted molar refractivity (Wildman–Crippen MR) is 129 cm³/mol. The van der Waals surface area contributed by atoms with Gasteiger partial charge in [-0.3, -0.25) is 4.79 Å². The molecule has 2 N–H and O–H groups in total. The number of benzene rings is 1. The second kappa shape index (κ2) is 10.9. The van der Waals surface area contributed by atoms with Crippen LogP contribution in [0.1, 0.15) is 61.5 Å². The van der Waals surface area contributed by atoms with Crippen LogP contribution in [0.2, 0.25) is 0 Å². The van der Waals surface area contributed by atoms with Gasteiger partial charge in [-0.2, -0.15) is 5.10 Å². The summed E-state index contributed by atoms with van der Waals surface area (Å²) in [4.78, 5) is 36.5. The average molecular weight is 466 g/mol. The number of hydrazone groups is 1. The Kier molecular flexibility index (Phi) is 8.00. The van der Waals surface area contributed by atoms with E-state index in [1.165, 1.54) is 6.21 Å². The van der Waals surface area contributed by atoms with E-state index in [0.717, 1.165) is 27.7 Å². The number of ether oxygens (including phenoxy) is 1. The van der Waals surface area contributed by atoms with Crippen LogP contribution in [0, 0.1) is 27.7 Å². The van der Waals surface area contributed by atoms with Gasteiger partial charge in [0.15, 0.2) is 5.16 Å². The van der Waals surface area contributed by atoms with Crippen molar-refractivity contribution in [2.45, 2.75) is 45.5 Å². The molecule has 1 aromatic carbocycles. The smallest absolute Gasteiger partial charge is 0.340 e. The molecule has 0 bridgehead atoms. The summed E-state index contributed by atoms with van der Waals surface area (Å²) in [5.74, 6) is 0.00132. The molecule has 0 aliphatic carbocycles. The van der Waals surface area contributed by atoms with E-state index in [-0.39, 0.29) is 11.9 Å². The van der Waals surface area contributed by atoms with Crippen LogP contribution < -0.4 is 5.43 Å². The maximum absolute atomic E-state index is 12.4. The Hall–Kier alpha value is -3.46. The fraction of sp³-hybridized carbons (Fsp3) is 0.292. The Labute approximate surface area is 197 Å². The molecule has 3 rings (SSSR count). The maximum Gasteiger partial charge on any atom is 0.340 e. The van der Waals surface area contributed by atoms with Crippen LogP contribution in [0.3, 0.4) is 0 Å². The summed E-state index contributed by atoms with van der Waals surface area (Å²) in [6, 6.07) is 9.26. The number of H-pyrrole nitrogens is 1. The number of aromatic nitrogens is 3. The summed E-state index contributed by atoms with van der Waals surface area (Å²) in [5.41, 5.74) is 8.50. The molecular weight excluding hydrogens is 438 g/mol. The molecule has 0 saturated heterocycles. The van der Waals surface area contributed by atoms with Crippen LogP contribution in [0.15, 0.2) is 40.6 Å². The number of hydrogen-bond acceptors (Lipinski definition) is 7. The first-order chi connectivity index (χ1) is 15.8. The number of rotatable bonds is 8. The first-order valence-electron chi connectivity index (χ1n) is 10.5. The molecule has 0 aliphatic rings. The maximum atomic E-state index is 12.4. The number of nitrogens with one attached hydrogen (secondary N) is 2. The summed E-state index contributed by atoms with van der Waals surface area (Å²) in [5, 5.41) is 4.77. The number of hydrogen-bond donors (Lipinski definition) is 2. The molecule has 9 heteroatoms. The second-order valence-electron chi connectivity index (χ2n) is 7.50. The molecule has 0 radical (unpaired) electrons. The van der Waals surface area contributed by atoms with E-state index >= 15 is 0 Å². The Morgan fingerprint density at radius 2 is 1.79 bits per heavy atom. The summed E-state index contributed by atoms with van der Waals surface area (Å²) in [6.45, 7) is 9.57. The summed E-state index contributed by atoms with van der Waals surface area (Å²) < 4.78 is 5.08. The average Bonchev–Trinajstić information content (AvgIpc) is 3.05. The van der Waals surface area contributed by atoms with Crippen LogP contribution in [-0.2, 0) is 10.5 Å². The molecule has 0 fully saturated rings. The van der Waals surface area contributed by atoms with E-state index in [0.29, 0.717) is 34.9 Å². The minimum atomic E-state index is -0.380. The van der Waals surface area contributed by atoms with Crippen LogP contribution in [0.4, 0.5) is 0 Å². The number of amides is 1. The first-order valence-corrected chi connectivity index (χ1v) is 11.5. The van der Waals surface area contributed by atoms with Crippen LogP contribution in [0.5, 0.6) is 0 Å². The molecule has 0 saturated carbocycles. The number of aromatic amines is 1. The van der Waals surface area contributed by atoms with Gasteiger partial charge in [-0.1, -0.05) is 23.9 Å². The fourth-order valence-electron chi connectivity index (χ4n) is 3.29. The SMILES string of the molecule is CCOC(=O)c1c(C)[nH]c(/C=N/NC(=O)c2ccc(CSc3nc(C)cc(C)n3)cc2)c1C. The van der Waals surface area contributed by atoms with E-state index < -0.39 is 0 Å². The molecular formula is C24H27N5O3S. The first kappa shape index (κ1) is 24.2. The molecule has 172 valence electrons. The molecule has 8 nitrogen and oxygen atoms in total. The number of aryl methyl sites for hydroxylation is 3. The Morgan fingerprint density at radius 3 is 2.42 bits per heavy atom. The van der Waals surface area contributed by atoms with Gasteiger partial charge in [-0.05, 0) is 63.9 Å². The third-order valence-electron chi connectivity index (χ3n) is 4.86. The monoisotopic (exact) mass is 465 g/mol. The van der Waals surface area contributed by atoms with Gasteiger partial charge in [0.1, 0.15) is 0 Å². The highest BCUT2D eigenvalue weighted by atomic mass is 32.2. The van der Waals surface area contributed by atoms with E-state index in [2.05, 4.69) is 25.5 Å².